The fraction of sp³-hybridized carbons (Fsp3) is 0.368. The van der Waals surface area contributed by atoms with Crippen LogP contribution in [-0.2, 0) is 0 Å². The maximum atomic E-state index is 13.2. The van der Waals surface area contributed by atoms with Crippen LogP contribution in [0.5, 0.6) is 0 Å². The van der Waals surface area contributed by atoms with E-state index in [1.807, 2.05) is 54.2 Å². The quantitative estimate of drug-likeness (QED) is 0.871. The van der Waals surface area contributed by atoms with Crippen LogP contribution in [0.25, 0.3) is 11.1 Å². The summed E-state index contributed by atoms with van der Waals surface area (Å²) < 4.78 is 0. The summed E-state index contributed by atoms with van der Waals surface area (Å²) in [5, 5.41) is 0. The molecule has 120 valence electrons. The lowest BCUT2D eigenvalue weighted by atomic mass is 9.98. The SMILES string of the molecule is CN(C)c1cncc(-c2ccccc2)c1C(=O)N1CCCCC1. The van der Waals surface area contributed by atoms with Crippen LogP contribution in [0, 0.1) is 0 Å². The second-order valence-electron chi connectivity index (χ2n) is 6.19. The summed E-state index contributed by atoms with van der Waals surface area (Å²) in [4.78, 5) is 21.5. The largest absolute Gasteiger partial charge is 0.376 e. The van der Waals surface area contributed by atoms with Crippen molar-refractivity contribution in [2.75, 3.05) is 32.1 Å². The molecule has 23 heavy (non-hydrogen) atoms. The molecule has 0 saturated carbocycles. The van der Waals surface area contributed by atoms with Gasteiger partial charge < -0.3 is 9.80 Å². The molecule has 1 fully saturated rings. The molecule has 0 spiro atoms. The zero-order valence-electron chi connectivity index (χ0n) is 13.8. The fourth-order valence-corrected chi connectivity index (χ4v) is 3.11. The maximum absolute atomic E-state index is 13.2. The zero-order valence-corrected chi connectivity index (χ0v) is 13.8. The summed E-state index contributed by atoms with van der Waals surface area (Å²) >= 11 is 0. The molecule has 3 rings (SSSR count). The van der Waals surface area contributed by atoms with E-state index in [0.717, 1.165) is 48.3 Å². The Hall–Kier alpha value is -2.36. The molecule has 0 atom stereocenters. The fourth-order valence-electron chi connectivity index (χ4n) is 3.11. The van der Waals surface area contributed by atoms with Gasteiger partial charge in [0.1, 0.15) is 0 Å². The summed E-state index contributed by atoms with van der Waals surface area (Å²) in [5.41, 5.74) is 3.58. The van der Waals surface area contributed by atoms with Crippen LogP contribution in [-0.4, -0.2) is 43.0 Å². The molecule has 1 saturated heterocycles. The average molecular weight is 309 g/mol. The van der Waals surface area contributed by atoms with E-state index in [0.29, 0.717) is 0 Å². The van der Waals surface area contributed by atoms with Gasteiger partial charge in [0.25, 0.3) is 5.91 Å². The highest BCUT2D eigenvalue weighted by Gasteiger charge is 2.25. The molecule has 1 aromatic heterocycles. The second kappa shape index (κ2) is 6.82. The number of amides is 1. The van der Waals surface area contributed by atoms with Crippen molar-refractivity contribution in [3.05, 3.63) is 48.3 Å². The topological polar surface area (TPSA) is 36.4 Å². The number of nitrogens with zero attached hydrogens (tertiary/aromatic N) is 3. The smallest absolute Gasteiger partial charge is 0.256 e. The molecule has 0 bridgehead atoms. The standard InChI is InChI=1S/C19H23N3O/c1-21(2)17-14-20-13-16(15-9-5-3-6-10-15)18(17)19(23)22-11-7-4-8-12-22/h3,5-6,9-10,13-14H,4,7-8,11-12H2,1-2H3. The Balaban J connectivity index is 2.10. The van der Waals surface area contributed by atoms with Gasteiger partial charge in [-0.1, -0.05) is 30.3 Å². The van der Waals surface area contributed by atoms with Gasteiger partial charge in [-0.15, -0.1) is 0 Å². The minimum atomic E-state index is 0.120. The summed E-state index contributed by atoms with van der Waals surface area (Å²) in [6, 6.07) is 10.0. The first-order chi connectivity index (χ1) is 11.2. The molecule has 2 heterocycles. The first-order valence-electron chi connectivity index (χ1n) is 8.18. The van der Waals surface area contributed by atoms with Crippen molar-refractivity contribution in [2.24, 2.45) is 0 Å². The summed E-state index contributed by atoms with van der Waals surface area (Å²) in [7, 11) is 3.91. The van der Waals surface area contributed by atoms with E-state index in [1.54, 1.807) is 12.4 Å². The number of carbonyl (C=O) groups is 1. The number of benzene rings is 1. The van der Waals surface area contributed by atoms with E-state index in [-0.39, 0.29) is 5.91 Å². The van der Waals surface area contributed by atoms with Crippen molar-refractivity contribution in [3.8, 4) is 11.1 Å². The number of carbonyl (C=O) groups excluding carboxylic acids is 1. The van der Waals surface area contributed by atoms with E-state index in [9.17, 15) is 4.79 Å². The third-order valence-electron chi connectivity index (χ3n) is 4.35. The Morgan fingerprint density at radius 2 is 1.74 bits per heavy atom. The summed E-state index contributed by atoms with van der Waals surface area (Å²) in [5.74, 6) is 0.120. The van der Waals surface area contributed by atoms with Crippen molar-refractivity contribution in [1.29, 1.82) is 0 Å². The van der Waals surface area contributed by atoms with Gasteiger partial charge in [-0.25, -0.2) is 0 Å². The highest BCUT2D eigenvalue weighted by Crippen LogP contribution is 2.31. The van der Waals surface area contributed by atoms with Gasteiger partial charge in [-0.05, 0) is 24.8 Å². The van der Waals surface area contributed by atoms with Crippen molar-refractivity contribution in [3.63, 3.8) is 0 Å². The molecule has 1 aliphatic heterocycles. The van der Waals surface area contributed by atoms with Gasteiger partial charge in [0.05, 0.1) is 17.4 Å². The Morgan fingerprint density at radius 1 is 1.04 bits per heavy atom. The van der Waals surface area contributed by atoms with Crippen LogP contribution < -0.4 is 4.90 Å². The molecule has 0 radical (unpaired) electrons. The van der Waals surface area contributed by atoms with E-state index in [1.165, 1.54) is 6.42 Å². The summed E-state index contributed by atoms with van der Waals surface area (Å²) in [6.07, 6.45) is 6.99. The lowest BCUT2D eigenvalue weighted by Crippen LogP contribution is -2.36. The molecule has 0 N–H and O–H groups in total. The van der Waals surface area contributed by atoms with Crippen molar-refractivity contribution in [2.45, 2.75) is 19.3 Å². The number of pyridine rings is 1. The van der Waals surface area contributed by atoms with Crippen LogP contribution in [0.4, 0.5) is 5.69 Å². The van der Waals surface area contributed by atoms with Gasteiger partial charge in [0.15, 0.2) is 0 Å². The predicted octanol–water partition coefficient (Wildman–Crippen LogP) is 3.44. The van der Waals surface area contributed by atoms with Gasteiger partial charge in [0.2, 0.25) is 0 Å². The normalized spacial score (nSPS) is 14.6. The first kappa shape index (κ1) is 15.5. The predicted molar refractivity (Wildman–Crippen MR) is 93.8 cm³/mol. The number of rotatable bonds is 3. The molecule has 2 aromatic rings. The monoisotopic (exact) mass is 309 g/mol. The van der Waals surface area contributed by atoms with Crippen LogP contribution in [0.1, 0.15) is 29.6 Å². The average Bonchev–Trinajstić information content (AvgIpc) is 2.62. The maximum Gasteiger partial charge on any atom is 0.256 e. The van der Waals surface area contributed by atoms with E-state index < -0.39 is 0 Å². The van der Waals surface area contributed by atoms with E-state index in [2.05, 4.69) is 4.98 Å². The summed E-state index contributed by atoms with van der Waals surface area (Å²) in [6.45, 7) is 1.70. The molecule has 1 aliphatic rings. The Bertz CT molecular complexity index is 676. The van der Waals surface area contributed by atoms with Gasteiger partial charge in [-0.3, -0.25) is 9.78 Å². The van der Waals surface area contributed by atoms with Crippen LogP contribution in [0.15, 0.2) is 42.7 Å². The molecule has 0 aliphatic carbocycles. The lowest BCUT2D eigenvalue weighted by Gasteiger charge is -2.29. The third kappa shape index (κ3) is 3.21. The lowest BCUT2D eigenvalue weighted by molar-refractivity contribution is 0.0725. The highest BCUT2D eigenvalue weighted by atomic mass is 16.2. The zero-order chi connectivity index (χ0) is 16.2. The Labute approximate surface area is 137 Å². The van der Waals surface area contributed by atoms with Gasteiger partial charge in [-0.2, -0.15) is 0 Å². The number of likely N-dealkylation sites (tertiary alicyclic amines) is 1. The third-order valence-corrected chi connectivity index (χ3v) is 4.35. The molecular weight excluding hydrogens is 286 g/mol. The number of hydrogen-bond acceptors (Lipinski definition) is 3. The van der Waals surface area contributed by atoms with E-state index in [4.69, 9.17) is 0 Å². The van der Waals surface area contributed by atoms with Gasteiger partial charge >= 0.3 is 0 Å². The minimum Gasteiger partial charge on any atom is -0.376 e. The molecule has 0 unspecified atom stereocenters. The van der Waals surface area contributed by atoms with Crippen molar-refractivity contribution < 1.29 is 4.79 Å². The Morgan fingerprint density at radius 3 is 2.39 bits per heavy atom. The number of aromatic nitrogens is 1. The molecular formula is C19H23N3O. The first-order valence-corrected chi connectivity index (χ1v) is 8.18. The number of piperidine rings is 1. The van der Waals surface area contributed by atoms with E-state index >= 15 is 0 Å². The van der Waals surface area contributed by atoms with Crippen molar-refractivity contribution >= 4 is 11.6 Å². The number of hydrogen-bond donors (Lipinski definition) is 0. The van der Waals surface area contributed by atoms with Crippen molar-refractivity contribution in [1.82, 2.24) is 9.88 Å². The highest BCUT2D eigenvalue weighted by molar-refractivity contribution is 6.05. The molecule has 4 nitrogen and oxygen atoms in total. The van der Waals surface area contributed by atoms with Gasteiger partial charge in [0, 0.05) is 38.9 Å². The van der Waals surface area contributed by atoms with Crippen LogP contribution in [0.2, 0.25) is 0 Å². The molecule has 1 amide bonds. The second-order valence-corrected chi connectivity index (χ2v) is 6.19. The van der Waals surface area contributed by atoms with Crippen LogP contribution in [0.3, 0.4) is 0 Å². The number of anilines is 1. The Kier molecular flexibility index (Phi) is 4.60. The molecule has 4 heteroatoms. The molecule has 1 aromatic carbocycles. The van der Waals surface area contributed by atoms with Crippen LogP contribution >= 0.6 is 0 Å². The minimum absolute atomic E-state index is 0.120.